The van der Waals surface area contributed by atoms with Gasteiger partial charge in [-0.1, -0.05) is 58.0 Å². The van der Waals surface area contributed by atoms with Crippen molar-refractivity contribution in [2.24, 2.45) is 17.8 Å². The van der Waals surface area contributed by atoms with Crippen LogP contribution < -0.4 is 41.5 Å². The van der Waals surface area contributed by atoms with Gasteiger partial charge in [0.1, 0.15) is 22.5 Å². The molecule has 5 aromatic rings. The molecule has 3 unspecified atom stereocenters. The number of benzene rings is 4. The summed E-state index contributed by atoms with van der Waals surface area (Å²) in [5.74, 6) is -5.18. The minimum Gasteiger partial charge on any atom is -0.409 e. The van der Waals surface area contributed by atoms with Crippen molar-refractivity contribution in [2.75, 3.05) is 88.0 Å². The molecule has 90 heavy (non-hydrogen) atoms. The Balaban J connectivity index is 0.745. The molecule has 24 heteroatoms. The molecule has 1 saturated heterocycles. The van der Waals surface area contributed by atoms with Gasteiger partial charge in [0.15, 0.2) is 0 Å². The van der Waals surface area contributed by atoms with Gasteiger partial charge in [0.2, 0.25) is 35.4 Å². The summed E-state index contributed by atoms with van der Waals surface area (Å²) < 4.78 is 6.02. The first kappa shape index (κ1) is 64.8. The molecule has 3 aliphatic heterocycles. The van der Waals surface area contributed by atoms with Crippen LogP contribution in [0.4, 0.5) is 21.9 Å². The van der Waals surface area contributed by atoms with E-state index in [4.69, 9.17) is 4.74 Å². The summed E-state index contributed by atoms with van der Waals surface area (Å²) in [4.78, 5) is 157. The predicted molar refractivity (Wildman–Crippen MR) is 338 cm³/mol. The Morgan fingerprint density at radius 3 is 2.18 bits per heavy atom. The summed E-state index contributed by atoms with van der Waals surface area (Å²) in [5, 5.41) is 18.8. The van der Waals surface area contributed by atoms with Crippen LogP contribution in [0.2, 0.25) is 0 Å². The number of likely N-dealkylation sites (N-methyl/N-ethyl adjacent to an activating group) is 1. The van der Waals surface area contributed by atoms with E-state index >= 15 is 0 Å². The molecule has 7 N–H and O–H groups in total. The third kappa shape index (κ3) is 15.0. The summed E-state index contributed by atoms with van der Waals surface area (Å²) in [6.07, 6.45) is 5.09. The van der Waals surface area contributed by atoms with E-state index in [-0.39, 0.29) is 80.4 Å². The third-order valence-electron chi connectivity index (χ3n) is 16.8. The lowest BCUT2D eigenvalue weighted by Crippen LogP contribution is -2.60. The van der Waals surface area contributed by atoms with Crippen molar-refractivity contribution < 1.29 is 57.5 Å². The predicted octanol–water partition coefficient (Wildman–Crippen LogP) is 5.26. The van der Waals surface area contributed by atoms with Gasteiger partial charge in [0, 0.05) is 104 Å². The van der Waals surface area contributed by atoms with Crippen molar-refractivity contribution in [1.29, 1.82) is 0 Å². The first-order chi connectivity index (χ1) is 42.9. The number of rotatable bonds is 25. The molecule has 4 heterocycles. The highest BCUT2D eigenvalue weighted by molar-refractivity contribution is 6.13. The zero-order valence-electron chi connectivity index (χ0n) is 51.6. The van der Waals surface area contributed by atoms with Gasteiger partial charge in [-0.15, -0.1) is 6.58 Å². The summed E-state index contributed by atoms with van der Waals surface area (Å²) >= 11 is 0. The smallest absolute Gasteiger partial charge is 0.409 e. The molecule has 2 fully saturated rings. The molecular formula is C66H78N12O12. The molecular weight excluding hydrogens is 1150 g/mol. The van der Waals surface area contributed by atoms with Gasteiger partial charge in [0.05, 0.1) is 25.3 Å². The van der Waals surface area contributed by atoms with E-state index in [9.17, 15) is 52.7 Å². The largest absolute Gasteiger partial charge is 0.415 e. The maximum absolute atomic E-state index is 14.2. The molecule has 3 atom stereocenters. The Hall–Kier alpha value is -9.71. The van der Waals surface area contributed by atoms with Gasteiger partial charge >= 0.3 is 6.09 Å². The lowest BCUT2D eigenvalue weighted by molar-refractivity contribution is -0.139. The molecule has 24 nitrogen and oxygen atoms in total. The minimum absolute atomic E-state index is 0.0397. The second kappa shape index (κ2) is 27.8. The molecule has 9 rings (SSSR count). The number of amides is 11. The topological polar surface area (TPSA) is 301 Å². The SMILES string of the molecule is C=CCCN(CC(=O)NC1(C(=O)NCC(=O)NC(C)(CC(C)C)C(=O)NCC(=O)Nc2ccc(C(=O)Nc3ccc4[nH]c(C(=O)N5CCc6c5cc(OC(=O)N5CCN(C)CC5)c5ccccc65)cc4c3)cc2)CC1C(C)C)C(=O)CCCN1C(=O)C=CC1=O. The van der Waals surface area contributed by atoms with Crippen LogP contribution in [-0.4, -0.2) is 173 Å². The van der Waals surface area contributed by atoms with Crippen molar-refractivity contribution in [3.8, 4) is 5.75 Å². The number of piperazine rings is 1. The fourth-order valence-electron chi connectivity index (χ4n) is 12.1. The fraction of sp³-hybridized carbons (Fsp3) is 0.409. The summed E-state index contributed by atoms with van der Waals surface area (Å²) in [5.41, 5.74) is 0.880. The number of aromatic nitrogens is 1. The number of fused-ring (bicyclic) bond motifs is 4. The van der Waals surface area contributed by atoms with Crippen molar-refractivity contribution in [1.82, 2.24) is 45.9 Å². The van der Waals surface area contributed by atoms with Crippen molar-refractivity contribution in [3.63, 3.8) is 0 Å². The molecule has 4 aromatic carbocycles. The average Bonchev–Trinajstić information content (AvgIpc) is 1.66. The van der Waals surface area contributed by atoms with Gasteiger partial charge in [-0.3, -0.25) is 52.8 Å². The van der Waals surface area contributed by atoms with E-state index < -0.39 is 77.5 Å². The van der Waals surface area contributed by atoms with Crippen LogP contribution in [0.3, 0.4) is 0 Å². The minimum atomic E-state index is -1.52. The fourth-order valence-corrected chi connectivity index (χ4v) is 12.1. The van der Waals surface area contributed by atoms with Crippen molar-refractivity contribution in [2.45, 2.75) is 84.2 Å². The molecule has 1 aliphatic carbocycles. The third-order valence-corrected chi connectivity index (χ3v) is 16.8. The van der Waals surface area contributed by atoms with Crippen LogP contribution >= 0.6 is 0 Å². The second-order valence-corrected chi connectivity index (χ2v) is 24.4. The Bertz CT molecular complexity index is 3680. The number of hydrogen-bond donors (Lipinski definition) is 7. The number of H-pyrrole nitrogens is 1. The quantitative estimate of drug-likeness (QED) is 0.0290. The Morgan fingerprint density at radius 1 is 0.811 bits per heavy atom. The number of nitrogens with zero attached hydrogens (tertiary/aromatic N) is 5. The Labute approximate surface area is 521 Å². The molecule has 0 radical (unpaired) electrons. The number of carbonyl (C=O) groups is 11. The lowest BCUT2D eigenvalue weighted by atomic mass is 9.89. The van der Waals surface area contributed by atoms with Crippen molar-refractivity contribution >= 4 is 104 Å². The average molecular weight is 1230 g/mol. The van der Waals surface area contributed by atoms with Crippen LogP contribution in [0.5, 0.6) is 5.75 Å². The standard InChI is InChI=1S/C66H78N12O12/c1-8-9-25-76(57(82)15-12-26-78-58(83)22-23-59(78)84)39-56(81)73-66(36-49(66)41(4)5)63(88)68-38-55(80)72-65(6,35-40(2)3)62(87)67-37-54(79)69-44-18-16-42(17-19-44)60(85)70-45-20-21-50-43(32-45)33-51(71-50)61(86)77-27-24-47-46-13-10-11-14-48(46)53(34-52(47)77)90-64(89)75-30-28-74(7)29-31-75/h8,10-11,13-14,16-23,32-34,40-41,49,71H,1,9,12,15,24-31,35-39H2,2-7H3,(H,67,87)(H,68,88)(H,69,79)(H,70,85)(H,72,80)(H,73,81). The highest BCUT2D eigenvalue weighted by Gasteiger charge is 2.62. The number of hydrogen-bond acceptors (Lipinski definition) is 13. The van der Waals surface area contributed by atoms with E-state index in [1.807, 2.05) is 59.0 Å². The number of nitrogens with one attached hydrogen (secondary N) is 7. The van der Waals surface area contributed by atoms with Gasteiger partial charge in [0.25, 0.3) is 23.6 Å². The highest BCUT2D eigenvalue weighted by atomic mass is 16.6. The maximum Gasteiger partial charge on any atom is 0.415 e. The van der Waals surface area contributed by atoms with Gasteiger partial charge < -0.3 is 61.2 Å². The van der Waals surface area contributed by atoms with E-state index in [1.165, 1.54) is 36.1 Å². The Kier molecular flexibility index (Phi) is 20.0. The molecule has 11 amide bonds. The zero-order valence-corrected chi connectivity index (χ0v) is 51.6. The van der Waals surface area contributed by atoms with Crippen LogP contribution in [0.25, 0.3) is 21.7 Å². The van der Waals surface area contributed by atoms with Gasteiger partial charge in [-0.2, -0.15) is 0 Å². The number of carbonyl (C=O) groups excluding carboxylic acids is 11. The van der Waals surface area contributed by atoms with E-state index in [0.29, 0.717) is 71.9 Å². The monoisotopic (exact) mass is 1230 g/mol. The number of imide groups is 1. The highest BCUT2D eigenvalue weighted by Crippen LogP contribution is 2.49. The maximum atomic E-state index is 14.2. The van der Waals surface area contributed by atoms with E-state index in [1.54, 1.807) is 46.2 Å². The molecule has 1 aromatic heterocycles. The van der Waals surface area contributed by atoms with Crippen LogP contribution in [0.1, 0.15) is 93.1 Å². The van der Waals surface area contributed by atoms with Crippen LogP contribution in [0.15, 0.2) is 104 Å². The zero-order chi connectivity index (χ0) is 64.6. The normalized spacial score (nSPS) is 17.6. The van der Waals surface area contributed by atoms with E-state index in [2.05, 4.69) is 48.4 Å². The molecule has 0 spiro atoms. The number of anilines is 3. The molecule has 1 saturated carbocycles. The lowest BCUT2D eigenvalue weighted by Gasteiger charge is -2.31. The molecule has 4 aliphatic rings. The van der Waals surface area contributed by atoms with Gasteiger partial charge in [-0.25, -0.2) is 4.79 Å². The summed E-state index contributed by atoms with van der Waals surface area (Å²) in [6, 6.07) is 22.6. The van der Waals surface area contributed by atoms with Crippen molar-refractivity contribution in [3.05, 3.63) is 120 Å². The first-order valence-electron chi connectivity index (χ1n) is 30.4. The van der Waals surface area contributed by atoms with Crippen LogP contribution in [0, 0.1) is 17.8 Å². The molecule has 474 valence electrons. The second-order valence-electron chi connectivity index (χ2n) is 24.4. The summed E-state index contributed by atoms with van der Waals surface area (Å²) in [6.45, 7) is 14.6. The molecule has 0 bridgehead atoms. The van der Waals surface area contributed by atoms with Gasteiger partial charge in [-0.05, 0) is 123 Å². The summed E-state index contributed by atoms with van der Waals surface area (Å²) in [7, 11) is 2.01. The van der Waals surface area contributed by atoms with Crippen LogP contribution in [-0.2, 0) is 44.8 Å². The Morgan fingerprint density at radius 2 is 1.50 bits per heavy atom. The van der Waals surface area contributed by atoms with E-state index in [0.717, 1.165) is 46.5 Å². The number of aromatic amines is 1. The number of ether oxygens (including phenoxy) is 1. The first-order valence-corrected chi connectivity index (χ1v) is 30.4.